The zero-order valence-corrected chi connectivity index (χ0v) is 10.9. The molecule has 94 valence electrons. The second kappa shape index (κ2) is 5.54. The molecule has 1 aromatic carbocycles. The van der Waals surface area contributed by atoms with Crippen LogP contribution in [-0.2, 0) is 12.8 Å². The number of benzene rings is 1. The van der Waals surface area contributed by atoms with E-state index in [0.29, 0.717) is 11.7 Å². The van der Waals surface area contributed by atoms with E-state index in [2.05, 4.69) is 24.8 Å². The summed E-state index contributed by atoms with van der Waals surface area (Å²) in [5.74, 6) is 1.20. The molecule has 1 N–H and O–H groups in total. The van der Waals surface area contributed by atoms with Gasteiger partial charge in [0.1, 0.15) is 5.75 Å². The van der Waals surface area contributed by atoms with Gasteiger partial charge in [-0.25, -0.2) is 0 Å². The van der Waals surface area contributed by atoms with Crippen LogP contribution in [-0.4, -0.2) is 29.6 Å². The number of rotatable bonds is 4. The predicted molar refractivity (Wildman–Crippen MR) is 71.4 cm³/mol. The second-order valence-corrected chi connectivity index (χ2v) is 5.01. The fraction of sp³-hybridized carbons (Fsp3) is 0.600. The van der Waals surface area contributed by atoms with Crippen molar-refractivity contribution in [2.45, 2.75) is 33.1 Å². The lowest BCUT2D eigenvalue weighted by molar-refractivity contribution is 0.238. The third kappa shape index (κ3) is 2.81. The molecule has 0 saturated carbocycles. The Morgan fingerprint density at radius 1 is 1.29 bits per heavy atom. The standard InChI is InChI=1S/C15H23NO/c1-3-16(4-2)11-12-8-9-13-6-5-7-15(17)14(13)10-12/h5-7,12,17H,3-4,8-11H2,1-2H3. The van der Waals surface area contributed by atoms with Gasteiger partial charge in [0.25, 0.3) is 0 Å². The molecule has 1 aliphatic rings. The van der Waals surface area contributed by atoms with Crippen LogP contribution in [0.15, 0.2) is 18.2 Å². The summed E-state index contributed by atoms with van der Waals surface area (Å²) in [6.45, 7) is 7.86. The Morgan fingerprint density at radius 2 is 2.06 bits per heavy atom. The van der Waals surface area contributed by atoms with Crippen molar-refractivity contribution >= 4 is 0 Å². The summed E-state index contributed by atoms with van der Waals surface area (Å²) in [5, 5.41) is 9.91. The van der Waals surface area contributed by atoms with E-state index in [0.717, 1.165) is 25.9 Å². The van der Waals surface area contributed by atoms with Gasteiger partial charge < -0.3 is 10.0 Å². The van der Waals surface area contributed by atoms with Crippen molar-refractivity contribution in [1.82, 2.24) is 4.90 Å². The largest absolute Gasteiger partial charge is 0.508 e. The average Bonchev–Trinajstić information content (AvgIpc) is 2.37. The first kappa shape index (κ1) is 12.4. The minimum atomic E-state index is 0.492. The highest BCUT2D eigenvalue weighted by atomic mass is 16.3. The summed E-state index contributed by atoms with van der Waals surface area (Å²) in [5.41, 5.74) is 2.54. The van der Waals surface area contributed by atoms with Gasteiger partial charge in [-0.1, -0.05) is 26.0 Å². The molecule has 0 spiro atoms. The predicted octanol–water partition coefficient (Wildman–Crippen LogP) is 2.84. The molecule has 0 radical (unpaired) electrons. The fourth-order valence-electron chi connectivity index (χ4n) is 2.84. The minimum absolute atomic E-state index is 0.492. The first-order valence-corrected chi connectivity index (χ1v) is 6.76. The van der Waals surface area contributed by atoms with E-state index in [1.165, 1.54) is 24.1 Å². The van der Waals surface area contributed by atoms with Gasteiger partial charge in [0, 0.05) is 6.54 Å². The smallest absolute Gasteiger partial charge is 0.119 e. The van der Waals surface area contributed by atoms with Gasteiger partial charge in [-0.15, -0.1) is 0 Å². The van der Waals surface area contributed by atoms with Gasteiger partial charge in [-0.2, -0.15) is 0 Å². The Hall–Kier alpha value is -1.02. The summed E-state index contributed by atoms with van der Waals surface area (Å²) >= 11 is 0. The van der Waals surface area contributed by atoms with Gasteiger partial charge in [-0.05, 0) is 55.5 Å². The zero-order valence-electron chi connectivity index (χ0n) is 10.9. The molecule has 0 fully saturated rings. The van der Waals surface area contributed by atoms with Crippen LogP contribution in [0.25, 0.3) is 0 Å². The maximum atomic E-state index is 9.91. The maximum absolute atomic E-state index is 9.91. The van der Waals surface area contributed by atoms with Crippen molar-refractivity contribution in [1.29, 1.82) is 0 Å². The van der Waals surface area contributed by atoms with Crippen LogP contribution >= 0.6 is 0 Å². The molecule has 0 heterocycles. The van der Waals surface area contributed by atoms with Crippen LogP contribution in [0.1, 0.15) is 31.4 Å². The topological polar surface area (TPSA) is 23.5 Å². The number of aryl methyl sites for hydroxylation is 1. The first-order valence-electron chi connectivity index (χ1n) is 6.76. The molecule has 0 aromatic heterocycles. The SMILES string of the molecule is CCN(CC)CC1CCc2cccc(O)c2C1. The van der Waals surface area contributed by atoms with Gasteiger partial charge >= 0.3 is 0 Å². The summed E-state index contributed by atoms with van der Waals surface area (Å²) in [6, 6.07) is 5.93. The molecule has 1 aliphatic carbocycles. The number of phenols is 1. The van der Waals surface area contributed by atoms with Crippen molar-refractivity contribution < 1.29 is 5.11 Å². The molecular weight excluding hydrogens is 210 g/mol. The second-order valence-electron chi connectivity index (χ2n) is 5.01. The van der Waals surface area contributed by atoms with Crippen LogP contribution in [0, 0.1) is 5.92 Å². The van der Waals surface area contributed by atoms with Crippen LogP contribution in [0.3, 0.4) is 0 Å². The summed E-state index contributed by atoms with van der Waals surface area (Å²) < 4.78 is 0. The summed E-state index contributed by atoms with van der Waals surface area (Å²) in [6.07, 6.45) is 3.42. The molecule has 0 amide bonds. The minimum Gasteiger partial charge on any atom is -0.508 e. The fourth-order valence-corrected chi connectivity index (χ4v) is 2.84. The lowest BCUT2D eigenvalue weighted by Gasteiger charge is -2.29. The Morgan fingerprint density at radius 3 is 2.76 bits per heavy atom. The zero-order chi connectivity index (χ0) is 12.3. The highest BCUT2D eigenvalue weighted by Gasteiger charge is 2.22. The van der Waals surface area contributed by atoms with Gasteiger partial charge in [-0.3, -0.25) is 0 Å². The van der Waals surface area contributed by atoms with Crippen LogP contribution in [0.2, 0.25) is 0 Å². The number of aromatic hydroxyl groups is 1. The summed E-state index contributed by atoms with van der Waals surface area (Å²) in [4.78, 5) is 2.48. The van der Waals surface area contributed by atoms with Crippen molar-refractivity contribution in [3.63, 3.8) is 0 Å². The quantitative estimate of drug-likeness (QED) is 0.864. The first-order chi connectivity index (χ1) is 8.24. The van der Waals surface area contributed by atoms with E-state index in [1.807, 2.05) is 12.1 Å². The Labute approximate surface area is 104 Å². The molecule has 2 heteroatoms. The molecule has 2 nitrogen and oxygen atoms in total. The van der Waals surface area contributed by atoms with E-state index >= 15 is 0 Å². The van der Waals surface area contributed by atoms with Gasteiger partial charge in [0.15, 0.2) is 0 Å². The molecule has 0 saturated heterocycles. The maximum Gasteiger partial charge on any atom is 0.119 e. The number of phenolic OH excluding ortho intramolecular Hbond substituents is 1. The van der Waals surface area contributed by atoms with Crippen molar-refractivity contribution in [2.75, 3.05) is 19.6 Å². The Bertz CT molecular complexity index is 371. The van der Waals surface area contributed by atoms with E-state index in [4.69, 9.17) is 0 Å². The third-order valence-corrected chi connectivity index (χ3v) is 3.97. The lowest BCUT2D eigenvalue weighted by Crippen LogP contribution is -2.32. The van der Waals surface area contributed by atoms with Gasteiger partial charge in [0.2, 0.25) is 0 Å². The average molecular weight is 233 g/mol. The highest BCUT2D eigenvalue weighted by molar-refractivity contribution is 5.41. The normalized spacial score (nSPS) is 19.4. The third-order valence-electron chi connectivity index (χ3n) is 3.97. The molecule has 1 atom stereocenters. The number of hydrogen-bond donors (Lipinski definition) is 1. The molecule has 1 aromatic rings. The number of fused-ring (bicyclic) bond motifs is 1. The van der Waals surface area contributed by atoms with Gasteiger partial charge in [0.05, 0.1) is 0 Å². The lowest BCUT2D eigenvalue weighted by atomic mass is 9.83. The molecular formula is C15H23NO. The summed E-state index contributed by atoms with van der Waals surface area (Å²) in [7, 11) is 0. The van der Waals surface area contributed by atoms with E-state index < -0.39 is 0 Å². The number of nitrogens with zero attached hydrogens (tertiary/aromatic N) is 1. The Balaban J connectivity index is 2.05. The van der Waals surface area contributed by atoms with E-state index in [9.17, 15) is 5.11 Å². The Kier molecular flexibility index (Phi) is 4.06. The van der Waals surface area contributed by atoms with E-state index in [1.54, 1.807) is 0 Å². The van der Waals surface area contributed by atoms with Crippen molar-refractivity contribution in [2.24, 2.45) is 5.92 Å². The monoisotopic (exact) mass is 233 g/mol. The van der Waals surface area contributed by atoms with Crippen LogP contribution in [0.5, 0.6) is 5.75 Å². The molecule has 17 heavy (non-hydrogen) atoms. The van der Waals surface area contributed by atoms with Crippen molar-refractivity contribution in [3.8, 4) is 5.75 Å². The molecule has 2 rings (SSSR count). The van der Waals surface area contributed by atoms with Crippen molar-refractivity contribution in [3.05, 3.63) is 29.3 Å². The molecule has 0 aliphatic heterocycles. The van der Waals surface area contributed by atoms with Crippen LogP contribution in [0.4, 0.5) is 0 Å². The highest BCUT2D eigenvalue weighted by Crippen LogP contribution is 2.31. The molecule has 0 bridgehead atoms. The van der Waals surface area contributed by atoms with E-state index in [-0.39, 0.29) is 0 Å². The number of hydrogen-bond acceptors (Lipinski definition) is 2. The van der Waals surface area contributed by atoms with Crippen LogP contribution < -0.4 is 0 Å². The molecule has 1 unspecified atom stereocenters.